The molecule has 2 aromatic rings. The largest absolute Gasteiger partial charge is 0.436 e. The molecular formula is C17H15ClN2O3. The van der Waals surface area contributed by atoms with Crippen molar-refractivity contribution in [2.24, 2.45) is 0 Å². The number of hydrogen-bond acceptors (Lipinski definition) is 4. The molecule has 6 heteroatoms. The molecule has 0 N–H and O–H groups in total. The monoisotopic (exact) mass is 330 g/mol. The van der Waals surface area contributed by atoms with Gasteiger partial charge >= 0.3 is 5.97 Å². The normalized spacial score (nSPS) is 16.9. The lowest BCUT2D eigenvalue weighted by Crippen LogP contribution is -2.52. The van der Waals surface area contributed by atoms with E-state index in [1.54, 1.807) is 4.57 Å². The second-order valence-electron chi connectivity index (χ2n) is 5.40. The van der Waals surface area contributed by atoms with Crippen LogP contribution in [0.4, 0.5) is 0 Å². The summed E-state index contributed by atoms with van der Waals surface area (Å²) in [6.07, 6.45) is 6.96. The fourth-order valence-corrected chi connectivity index (χ4v) is 2.62. The van der Waals surface area contributed by atoms with Crippen LogP contribution in [0.2, 0.25) is 5.15 Å². The first-order chi connectivity index (χ1) is 11.1. The van der Waals surface area contributed by atoms with Crippen LogP contribution in [-0.2, 0) is 9.47 Å². The molecule has 5 nitrogen and oxygen atoms in total. The second kappa shape index (κ2) is 6.07. The third-order valence-corrected chi connectivity index (χ3v) is 4.14. The fraction of sp³-hybridized carbons (Fsp3) is 0.294. The summed E-state index contributed by atoms with van der Waals surface area (Å²) >= 11 is 6.09. The van der Waals surface area contributed by atoms with Crippen LogP contribution in [0.15, 0.2) is 36.7 Å². The van der Waals surface area contributed by atoms with Crippen LogP contribution in [-0.4, -0.2) is 34.3 Å². The van der Waals surface area contributed by atoms with Crippen molar-refractivity contribution in [1.82, 2.24) is 9.55 Å². The van der Waals surface area contributed by atoms with Crippen molar-refractivity contribution in [3.63, 3.8) is 0 Å². The van der Waals surface area contributed by atoms with Gasteiger partial charge in [-0.1, -0.05) is 47.9 Å². The summed E-state index contributed by atoms with van der Waals surface area (Å²) in [6, 6.07) is 9.60. The van der Waals surface area contributed by atoms with Crippen molar-refractivity contribution in [3.05, 3.63) is 53.1 Å². The molecule has 1 aliphatic rings. The minimum atomic E-state index is -1.01. The Morgan fingerprint density at radius 1 is 1.48 bits per heavy atom. The molecule has 1 atom stereocenters. The van der Waals surface area contributed by atoms with E-state index in [0.717, 1.165) is 5.56 Å². The van der Waals surface area contributed by atoms with Crippen molar-refractivity contribution in [1.29, 1.82) is 0 Å². The molecule has 0 amide bonds. The van der Waals surface area contributed by atoms with Crippen molar-refractivity contribution in [3.8, 4) is 12.3 Å². The number of rotatable bonds is 4. The molecule has 23 heavy (non-hydrogen) atoms. The first-order valence-electron chi connectivity index (χ1n) is 7.12. The first-order valence-corrected chi connectivity index (χ1v) is 7.50. The van der Waals surface area contributed by atoms with E-state index in [4.69, 9.17) is 27.5 Å². The van der Waals surface area contributed by atoms with Crippen LogP contribution >= 0.6 is 11.6 Å². The highest BCUT2D eigenvalue weighted by Crippen LogP contribution is 2.28. The van der Waals surface area contributed by atoms with E-state index in [0.29, 0.717) is 0 Å². The Kier molecular flexibility index (Phi) is 4.12. The van der Waals surface area contributed by atoms with Gasteiger partial charge in [0.1, 0.15) is 13.2 Å². The van der Waals surface area contributed by atoms with E-state index in [1.165, 1.54) is 6.33 Å². The van der Waals surface area contributed by atoms with Gasteiger partial charge in [-0.15, -0.1) is 6.42 Å². The van der Waals surface area contributed by atoms with E-state index >= 15 is 0 Å². The smallest absolute Gasteiger partial charge is 0.359 e. The van der Waals surface area contributed by atoms with E-state index in [-0.39, 0.29) is 30.1 Å². The molecule has 0 spiro atoms. The summed E-state index contributed by atoms with van der Waals surface area (Å²) in [5.41, 5.74) is 0.199. The Morgan fingerprint density at radius 2 is 2.17 bits per heavy atom. The van der Waals surface area contributed by atoms with Crippen molar-refractivity contribution in [2.75, 3.05) is 13.2 Å². The zero-order chi connectivity index (χ0) is 16.4. The van der Waals surface area contributed by atoms with E-state index < -0.39 is 11.6 Å². The molecular weight excluding hydrogens is 316 g/mol. The topological polar surface area (TPSA) is 53.3 Å². The standard InChI is InChI=1S/C17H15ClN2O3/c1-3-17(9-22-10-17)23-16(21)14-15(18)19-11-20(14)12(2)13-7-5-4-6-8-13/h1,4-8,11-12H,9-10H2,2H3/t12-/m1/s1. The quantitative estimate of drug-likeness (QED) is 0.639. The lowest BCUT2D eigenvalue weighted by atomic mass is 10.0. The van der Waals surface area contributed by atoms with Gasteiger partial charge in [0.15, 0.2) is 10.8 Å². The summed E-state index contributed by atoms with van der Waals surface area (Å²) in [5, 5.41) is 0.0881. The Morgan fingerprint density at radius 3 is 2.74 bits per heavy atom. The van der Waals surface area contributed by atoms with Gasteiger partial charge in [0, 0.05) is 0 Å². The number of ether oxygens (including phenoxy) is 2. The number of carbonyl (C=O) groups excluding carboxylic acids is 1. The second-order valence-corrected chi connectivity index (χ2v) is 5.76. The number of esters is 1. The Bertz CT molecular complexity index is 760. The molecule has 0 unspecified atom stereocenters. The molecule has 118 valence electrons. The van der Waals surface area contributed by atoms with Crippen LogP contribution in [0.3, 0.4) is 0 Å². The molecule has 0 radical (unpaired) electrons. The molecule has 1 aromatic carbocycles. The Hall–Kier alpha value is -2.29. The number of halogens is 1. The van der Waals surface area contributed by atoms with Crippen molar-refractivity contribution < 1.29 is 14.3 Å². The van der Waals surface area contributed by atoms with Crippen LogP contribution < -0.4 is 0 Å². The van der Waals surface area contributed by atoms with Crippen LogP contribution in [0, 0.1) is 12.3 Å². The highest BCUT2D eigenvalue weighted by molar-refractivity contribution is 6.32. The number of terminal acetylenes is 1. The summed E-state index contributed by atoms with van der Waals surface area (Å²) in [6.45, 7) is 2.33. The highest BCUT2D eigenvalue weighted by Gasteiger charge is 2.42. The summed E-state index contributed by atoms with van der Waals surface area (Å²) in [4.78, 5) is 16.6. The molecule has 1 aromatic heterocycles. The van der Waals surface area contributed by atoms with E-state index in [9.17, 15) is 4.79 Å². The molecule has 3 rings (SSSR count). The predicted molar refractivity (Wildman–Crippen MR) is 85.3 cm³/mol. The maximum atomic E-state index is 12.5. The van der Waals surface area contributed by atoms with Gasteiger partial charge < -0.3 is 14.0 Å². The predicted octanol–water partition coefficient (Wildman–Crippen LogP) is 2.70. The Labute approximate surface area is 139 Å². The number of hydrogen-bond donors (Lipinski definition) is 0. The van der Waals surface area contributed by atoms with Crippen LogP contribution in [0.5, 0.6) is 0 Å². The Balaban J connectivity index is 1.90. The number of carbonyl (C=O) groups is 1. The van der Waals surface area contributed by atoms with Crippen LogP contribution in [0.25, 0.3) is 0 Å². The van der Waals surface area contributed by atoms with Crippen molar-refractivity contribution >= 4 is 17.6 Å². The zero-order valence-corrected chi connectivity index (χ0v) is 13.3. The minimum absolute atomic E-state index is 0.0881. The van der Waals surface area contributed by atoms with Gasteiger partial charge in [0.2, 0.25) is 5.60 Å². The average molecular weight is 331 g/mol. The third kappa shape index (κ3) is 2.83. The van der Waals surface area contributed by atoms with Gasteiger partial charge in [-0.25, -0.2) is 9.78 Å². The number of imidazole rings is 1. The molecule has 0 saturated carbocycles. The fourth-order valence-electron chi connectivity index (χ4n) is 2.40. The number of aromatic nitrogens is 2. The van der Waals surface area contributed by atoms with Gasteiger partial charge in [-0.3, -0.25) is 0 Å². The average Bonchev–Trinajstić information content (AvgIpc) is 2.92. The first kappa shape index (κ1) is 15.6. The maximum absolute atomic E-state index is 12.5. The zero-order valence-electron chi connectivity index (χ0n) is 12.5. The molecule has 1 saturated heterocycles. The summed E-state index contributed by atoms with van der Waals surface area (Å²) < 4.78 is 12.2. The summed E-state index contributed by atoms with van der Waals surface area (Å²) in [7, 11) is 0. The minimum Gasteiger partial charge on any atom is -0.436 e. The lowest BCUT2D eigenvalue weighted by molar-refractivity contribution is -0.146. The molecule has 0 bridgehead atoms. The molecule has 0 aliphatic carbocycles. The summed E-state index contributed by atoms with van der Waals surface area (Å²) in [5.74, 6) is 1.87. The van der Waals surface area contributed by atoms with E-state index in [2.05, 4.69) is 10.9 Å². The number of nitrogens with zero attached hydrogens (tertiary/aromatic N) is 2. The van der Waals surface area contributed by atoms with Gasteiger partial charge in [0.05, 0.1) is 12.4 Å². The van der Waals surface area contributed by atoms with E-state index in [1.807, 2.05) is 37.3 Å². The molecule has 2 heterocycles. The maximum Gasteiger partial charge on any atom is 0.359 e. The number of benzene rings is 1. The van der Waals surface area contributed by atoms with Gasteiger partial charge in [-0.05, 0) is 12.5 Å². The SMILES string of the molecule is C#CC1(OC(=O)c2c(Cl)ncn2[C@H](C)c2ccccc2)COC1. The van der Waals surface area contributed by atoms with Gasteiger partial charge in [0.25, 0.3) is 0 Å². The highest BCUT2D eigenvalue weighted by atomic mass is 35.5. The third-order valence-electron chi connectivity index (χ3n) is 3.86. The molecule has 1 fully saturated rings. The lowest BCUT2D eigenvalue weighted by Gasteiger charge is -2.35. The van der Waals surface area contributed by atoms with Crippen molar-refractivity contribution in [2.45, 2.75) is 18.6 Å². The van der Waals surface area contributed by atoms with Gasteiger partial charge in [-0.2, -0.15) is 0 Å². The van der Waals surface area contributed by atoms with Crippen LogP contribution in [0.1, 0.15) is 29.0 Å². The molecule has 1 aliphatic heterocycles.